The van der Waals surface area contributed by atoms with Crippen LogP contribution in [0.5, 0.6) is 0 Å². The molecule has 1 aliphatic heterocycles. The number of nitrogens with zero attached hydrogens (tertiary/aromatic N) is 2. The van der Waals surface area contributed by atoms with E-state index in [-0.39, 0.29) is 50.7 Å². The molecule has 1 unspecified atom stereocenters. The Kier molecular flexibility index (Phi) is 10.3. The van der Waals surface area contributed by atoms with E-state index in [4.69, 9.17) is 23.2 Å². The third-order valence-electron chi connectivity index (χ3n) is 5.15. The number of hydrazone groups is 1. The Morgan fingerprint density at radius 3 is 2.43 bits per heavy atom. The van der Waals surface area contributed by atoms with Crippen LogP contribution >= 0.6 is 23.2 Å². The topological polar surface area (TPSA) is 44.7 Å². The number of halogens is 2. The fourth-order valence-electron chi connectivity index (χ4n) is 3.76. The summed E-state index contributed by atoms with van der Waals surface area (Å²) < 4.78 is 0. The van der Waals surface area contributed by atoms with Gasteiger partial charge in [0.1, 0.15) is 5.71 Å². The molecule has 0 spiro atoms. The van der Waals surface area contributed by atoms with E-state index in [9.17, 15) is 4.79 Å². The van der Waals surface area contributed by atoms with Crippen LogP contribution in [0, 0.1) is 6.07 Å². The number of carbonyl (C=O) groups is 1. The zero-order valence-corrected chi connectivity index (χ0v) is 21.7. The van der Waals surface area contributed by atoms with Crippen molar-refractivity contribution in [2.24, 2.45) is 5.10 Å². The molecule has 30 heavy (non-hydrogen) atoms. The molecule has 1 heterocycles. The molecule has 2 aromatic rings. The average Bonchev–Trinajstić information content (AvgIpc) is 3.40. The van der Waals surface area contributed by atoms with Gasteiger partial charge in [-0.25, -0.2) is 0 Å². The van der Waals surface area contributed by atoms with E-state index in [1.165, 1.54) is 12.8 Å². The zero-order chi connectivity index (χ0) is 20.8. The maximum atomic E-state index is 12.8. The van der Waals surface area contributed by atoms with Gasteiger partial charge in [0.2, 0.25) is 0 Å². The molecule has 0 bridgehead atoms. The van der Waals surface area contributed by atoms with Crippen molar-refractivity contribution in [1.29, 1.82) is 0 Å². The summed E-state index contributed by atoms with van der Waals surface area (Å²) in [5, 5.41) is 10.7. The van der Waals surface area contributed by atoms with Crippen LogP contribution in [0.2, 0.25) is 10.0 Å². The second-order valence-corrected chi connectivity index (χ2v) is 7.84. The Balaban J connectivity index is 0.00000104. The molecule has 1 atom stereocenters. The van der Waals surface area contributed by atoms with Crippen molar-refractivity contribution >= 4 is 40.5 Å². The van der Waals surface area contributed by atoms with Gasteiger partial charge in [-0.15, -0.1) is 5.56 Å². The molecule has 157 valence electrons. The van der Waals surface area contributed by atoms with Crippen molar-refractivity contribution in [3.8, 4) is 0 Å². The van der Waals surface area contributed by atoms with E-state index in [1.807, 2.05) is 49.2 Å². The number of hydrogen-bond acceptors (Lipinski definition) is 3. The molecule has 1 saturated carbocycles. The molecular weight excluding hydrogens is 494 g/mol. The van der Waals surface area contributed by atoms with Crippen LogP contribution in [-0.4, -0.2) is 17.7 Å². The van der Waals surface area contributed by atoms with Gasteiger partial charge >= 0.3 is 0 Å². The third kappa shape index (κ3) is 6.06. The van der Waals surface area contributed by atoms with Crippen molar-refractivity contribution in [3.63, 3.8) is 0 Å². The minimum atomic E-state index is -0.0948. The first-order chi connectivity index (χ1) is 14.1. The van der Waals surface area contributed by atoms with Gasteiger partial charge in [-0.2, -0.15) is 35.4 Å². The van der Waals surface area contributed by atoms with E-state index in [0.717, 1.165) is 24.1 Å². The van der Waals surface area contributed by atoms with E-state index in [1.54, 1.807) is 12.1 Å². The molecule has 1 aliphatic carbocycles. The van der Waals surface area contributed by atoms with Crippen LogP contribution < -0.4 is 10.3 Å². The number of benzene rings is 2. The molecule has 0 saturated heterocycles. The predicted molar refractivity (Wildman–Crippen MR) is 121 cm³/mol. The van der Waals surface area contributed by atoms with Crippen molar-refractivity contribution < 1.29 is 37.5 Å². The van der Waals surface area contributed by atoms with Crippen LogP contribution in [0.3, 0.4) is 0 Å². The summed E-state index contributed by atoms with van der Waals surface area (Å²) in [5.74, 6) is -0.0815. The zero-order valence-electron chi connectivity index (χ0n) is 17.4. The summed E-state index contributed by atoms with van der Waals surface area (Å²) in [6, 6.07) is 16.2. The Morgan fingerprint density at radius 2 is 1.80 bits per heavy atom. The van der Waals surface area contributed by atoms with Crippen LogP contribution in [-0.2, 0) is 37.5 Å². The van der Waals surface area contributed by atoms with Crippen LogP contribution in [0.25, 0.3) is 0 Å². The first-order valence-electron chi connectivity index (χ1n) is 10.2. The molecule has 2 aliphatic rings. The summed E-state index contributed by atoms with van der Waals surface area (Å²) in [4.78, 5) is 12.8. The van der Waals surface area contributed by atoms with E-state index in [2.05, 4.69) is 16.5 Å². The average molecular weight is 520 g/mol. The quantitative estimate of drug-likeness (QED) is 0.490. The normalized spacial score (nSPS) is 18.2. The van der Waals surface area contributed by atoms with Crippen LogP contribution in [0.4, 0.5) is 5.69 Å². The molecule has 4 rings (SSSR count). The third-order valence-corrected chi connectivity index (χ3v) is 5.69. The van der Waals surface area contributed by atoms with Gasteiger partial charge in [-0.05, 0) is 31.0 Å². The standard InChI is InChI=1S/C21H20Cl2N3O.C2H6.Y/c22-15-10-11-19(17(23)12-15)26-20(14-6-2-1-3-7-14)13-18(25-26)21(27)24-16-8-4-5-9-16;1-2;/h2-3,6-7,10-12,16,20H,4-5,8-9,13H2,(H,24,27);1-2H3;/q-1;;. The van der Waals surface area contributed by atoms with Crippen molar-refractivity contribution in [2.45, 2.75) is 58.0 Å². The minimum Gasteiger partial charge on any atom is -0.348 e. The summed E-state index contributed by atoms with van der Waals surface area (Å²) in [6.07, 6.45) is 4.97. The van der Waals surface area contributed by atoms with Gasteiger partial charge in [-0.3, -0.25) is 9.80 Å². The maximum absolute atomic E-state index is 12.8. The molecule has 0 aromatic heterocycles. The summed E-state index contributed by atoms with van der Waals surface area (Å²) in [5.41, 5.74) is 2.33. The fraction of sp³-hybridized carbons (Fsp3) is 0.391. The second kappa shape index (κ2) is 12.2. The van der Waals surface area contributed by atoms with Gasteiger partial charge < -0.3 is 5.32 Å². The van der Waals surface area contributed by atoms with Crippen LogP contribution in [0.1, 0.15) is 57.6 Å². The molecule has 1 fully saturated rings. The molecule has 1 radical (unpaired) electrons. The monoisotopic (exact) mass is 519 g/mol. The summed E-state index contributed by atoms with van der Waals surface area (Å²) in [7, 11) is 0. The Morgan fingerprint density at radius 1 is 1.13 bits per heavy atom. The summed E-state index contributed by atoms with van der Waals surface area (Å²) >= 11 is 12.5. The Hall–Kier alpha value is -0.936. The number of amides is 1. The first-order valence-corrected chi connectivity index (χ1v) is 11.0. The number of nitrogens with one attached hydrogen (secondary N) is 1. The fourth-order valence-corrected chi connectivity index (χ4v) is 4.25. The largest absolute Gasteiger partial charge is 0.348 e. The number of carbonyl (C=O) groups excluding carboxylic acids is 1. The van der Waals surface area contributed by atoms with E-state index < -0.39 is 0 Å². The smallest absolute Gasteiger partial charge is 0.267 e. The van der Waals surface area contributed by atoms with Gasteiger partial charge in [0, 0.05) is 50.2 Å². The maximum Gasteiger partial charge on any atom is 0.267 e. The SMILES string of the molecule is CC.O=C(NC1CCCC1)C1=NN(c2ccc(Cl)cc2Cl)C(c2cc[c-]cc2)C1.[Y]. The number of anilines is 1. The van der Waals surface area contributed by atoms with Gasteiger partial charge in [0.25, 0.3) is 5.91 Å². The molecule has 2 aromatic carbocycles. The van der Waals surface area contributed by atoms with E-state index >= 15 is 0 Å². The Bertz CT molecular complexity index is 870. The Labute approximate surface area is 214 Å². The predicted octanol–water partition coefficient (Wildman–Crippen LogP) is 6.18. The van der Waals surface area contributed by atoms with Crippen molar-refractivity contribution in [2.75, 3.05) is 5.01 Å². The van der Waals surface area contributed by atoms with Crippen molar-refractivity contribution in [1.82, 2.24) is 5.32 Å². The molecular formula is C23H26Cl2N3OY-. The number of hydrogen-bond donors (Lipinski definition) is 1. The van der Waals surface area contributed by atoms with Gasteiger partial charge in [-0.1, -0.05) is 49.9 Å². The molecule has 1 N–H and O–H groups in total. The first kappa shape index (κ1) is 25.3. The molecule has 4 nitrogen and oxygen atoms in total. The van der Waals surface area contributed by atoms with Gasteiger partial charge in [0.05, 0.1) is 16.8 Å². The molecule has 1 amide bonds. The minimum absolute atomic E-state index is 0. The van der Waals surface area contributed by atoms with E-state index in [0.29, 0.717) is 22.2 Å². The van der Waals surface area contributed by atoms with Crippen LogP contribution in [0.15, 0.2) is 47.6 Å². The van der Waals surface area contributed by atoms with Gasteiger partial charge in [0.15, 0.2) is 0 Å². The number of rotatable bonds is 4. The molecule has 7 heteroatoms. The summed E-state index contributed by atoms with van der Waals surface area (Å²) in [6.45, 7) is 4.00. The second-order valence-electron chi connectivity index (χ2n) is 7.00. The van der Waals surface area contributed by atoms with Crippen molar-refractivity contribution in [3.05, 3.63) is 64.1 Å².